The number of benzene rings is 3. The Morgan fingerprint density at radius 2 is 1.63 bits per heavy atom. The summed E-state index contributed by atoms with van der Waals surface area (Å²) in [5, 5.41) is 4.13. The molecule has 7 atom stereocenters. The molecular formula is C38H34ClN3O8S2. The second kappa shape index (κ2) is 13.8. The lowest BCUT2D eigenvalue weighted by Crippen LogP contribution is -2.42. The van der Waals surface area contributed by atoms with Gasteiger partial charge in [0, 0.05) is 26.8 Å². The fraction of sp³-hybridized carbons (Fsp3) is 0.342. The molecule has 8 rings (SSSR count). The zero-order valence-corrected chi connectivity index (χ0v) is 30.5. The van der Waals surface area contributed by atoms with Gasteiger partial charge in [0.25, 0.3) is 5.91 Å². The normalized spacial score (nSPS) is 25.4. The van der Waals surface area contributed by atoms with Crippen LogP contribution in [0.2, 0.25) is 5.02 Å². The van der Waals surface area contributed by atoms with Crippen LogP contribution < -0.4 is 24.6 Å². The molecule has 52 heavy (non-hydrogen) atoms. The van der Waals surface area contributed by atoms with Crippen molar-refractivity contribution in [2.75, 3.05) is 30.0 Å². The van der Waals surface area contributed by atoms with Gasteiger partial charge in [0.05, 0.1) is 41.3 Å². The van der Waals surface area contributed by atoms with E-state index in [2.05, 4.69) is 10.3 Å². The van der Waals surface area contributed by atoms with Gasteiger partial charge in [-0.3, -0.25) is 24.1 Å². The molecule has 3 amide bonds. The summed E-state index contributed by atoms with van der Waals surface area (Å²) in [5.41, 5.74) is 2.32. The molecule has 4 aromatic rings. The monoisotopic (exact) mass is 759 g/mol. The van der Waals surface area contributed by atoms with Crippen LogP contribution in [0.5, 0.6) is 11.5 Å². The third kappa shape index (κ3) is 5.88. The first-order valence-electron chi connectivity index (χ1n) is 17.2. The van der Waals surface area contributed by atoms with E-state index in [-0.39, 0.29) is 58.8 Å². The highest BCUT2D eigenvalue weighted by Crippen LogP contribution is 2.68. The molecule has 4 aliphatic rings. The molecule has 1 aromatic heterocycles. The smallest absolute Gasteiger partial charge is 0.338 e. The quantitative estimate of drug-likeness (QED) is 0.139. The van der Waals surface area contributed by atoms with E-state index < -0.39 is 23.7 Å². The molecule has 1 saturated heterocycles. The van der Waals surface area contributed by atoms with Crippen LogP contribution in [0.4, 0.5) is 11.4 Å². The lowest BCUT2D eigenvalue weighted by atomic mass is 9.68. The fourth-order valence-electron chi connectivity index (χ4n) is 8.58. The molecule has 0 spiro atoms. The van der Waals surface area contributed by atoms with Gasteiger partial charge in [0.1, 0.15) is 0 Å². The summed E-state index contributed by atoms with van der Waals surface area (Å²) in [6.45, 7) is 3.92. The number of hydrogen-bond donors (Lipinski definition) is 2. The SMILES string of the molecule is CCOC(=O)c1ccc(NC(=O)COc2ccc([C@@H]3c4sc(=O)[nH]c4S[C@@H]4[C@@H]5C[C@@H]([C@@H]6C(=O)N(c7ccc(Cl)cc7)C(=O)[C@@H]56)[C@H]34)cc2OCC)cc1. The highest BCUT2D eigenvalue weighted by Gasteiger charge is 2.69. The van der Waals surface area contributed by atoms with E-state index in [1.807, 2.05) is 19.1 Å². The van der Waals surface area contributed by atoms with Crippen molar-refractivity contribution in [3.05, 3.63) is 97.4 Å². The molecule has 2 bridgehead atoms. The van der Waals surface area contributed by atoms with Crippen molar-refractivity contribution in [1.29, 1.82) is 0 Å². The minimum Gasteiger partial charge on any atom is -0.490 e. The van der Waals surface area contributed by atoms with Crippen molar-refractivity contribution in [3.63, 3.8) is 0 Å². The zero-order chi connectivity index (χ0) is 36.3. The lowest BCUT2D eigenvalue weighted by molar-refractivity contribution is -0.123. The minimum absolute atomic E-state index is 0.000595. The van der Waals surface area contributed by atoms with Crippen molar-refractivity contribution in [2.45, 2.75) is 36.5 Å². The first-order chi connectivity index (χ1) is 25.2. The minimum atomic E-state index is -0.441. The van der Waals surface area contributed by atoms with Crippen LogP contribution in [-0.4, -0.2) is 53.7 Å². The maximum Gasteiger partial charge on any atom is 0.338 e. The number of halogens is 1. The molecule has 0 radical (unpaired) electrons. The number of fused-ring (bicyclic) bond motifs is 9. The van der Waals surface area contributed by atoms with Crippen LogP contribution in [-0.2, 0) is 19.1 Å². The van der Waals surface area contributed by atoms with Crippen LogP contribution in [0, 0.1) is 29.6 Å². The van der Waals surface area contributed by atoms with Gasteiger partial charge in [0.2, 0.25) is 11.8 Å². The van der Waals surface area contributed by atoms with E-state index in [0.29, 0.717) is 40.1 Å². The van der Waals surface area contributed by atoms with Crippen LogP contribution in [0.1, 0.15) is 47.0 Å². The van der Waals surface area contributed by atoms with Gasteiger partial charge in [0.15, 0.2) is 18.1 Å². The molecular weight excluding hydrogens is 726 g/mol. The van der Waals surface area contributed by atoms with Gasteiger partial charge in [-0.1, -0.05) is 29.0 Å². The van der Waals surface area contributed by atoms with Crippen LogP contribution >= 0.6 is 34.7 Å². The lowest BCUT2D eigenvalue weighted by Gasteiger charge is -2.43. The molecule has 14 heteroatoms. The third-order valence-corrected chi connectivity index (χ3v) is 13.3. The number of carbonyl (C=O) groups is 4. The van der Waals surface area contributed by atoms with Gasteiger partial charge >= 0.3 is 10.8 Å². The van der Waals surface area contributed by atoms with E-state index in [1.165, 1.54) is 16.2 Å². The number of hydrogen-bond acceptors (Lipinski definition) is 10. The van der Waals surface area contributed by atoms with Crippen molar-refractivity contribution in [2.24, 2.45) is 29.6 Å². The number of nitrogens with zero attached hydrogens (tertiary/aromatic N) is 1. The van der Waals surface area contributed by atoms with E-state index in [0.717, 1.165) is 21.9 Å². The number of thioether (sulfide) groups is 1. The van der Waals surface area contributed by atoms with Gasteiger partial charge in [-0.15, -0.1) is 11.8 Å². The van der Waals surface area contributed by atoms with Crippen molar-refractivity contribution in [1.82, 2.24) is 4.98 Å². The van der Waals surface area contributed by atoms with E-state index in [9.17, 15) is 24.0 Å². The molecule has 0 unspecified atom stereocenters. The average Bonchev–Trinajstić information content (AvgIpc) is 3.87. The summed E-state index contributed by atoms with van der Waals surface area (Å²) in [7, 11) is 0. The number of thiazole rings is 1. The predicted molar refractivity (Wildman–Crippen MR) is 197 cm³/mol. The Balaban J connectivity index is 1.05. The molecule has 2 aliphatic carbocycles. The highest BCUT2D eigenvalue weighted by atomic mass is 35.5. The Hall–Kier alpha value is -4.59. The second-order valence-corrected chi connectivity index (χ2v) is 15.9. The molecule has 3 aromatic carbocycles. The topological polar surface area (TPSA) is 144 Å². The largest absolute Gasteiger partial charge is 0.490 e. The number of carbonyl (C=O) groups excluding carboxylic acids is 4. The molecule has 3 fully saturated rings. The fourth-order valence-corrected chi connectivity index (χ4v) is 11.6. The summed E-state index contributed by atoms with van der Waals surface area (Å²) in [4.78, 5) is 70.6. The zero-order valence-electron chi connectivity index (χ0n) is 28.1. The summed E-state index contributed by atoms with van der Waals surface area (Å²) in [6, 6.07) is 18.8. The number of aromatic nitrogens is 1. The summed E-state index contributed by atoms with van der Waals surface area (Å²) < 4.78 is 17.0. The van der Waals surface area contributed by atoms with Crippen LogP contribution in [0.25, 0.3) is 0 Å². The Kier molecular flexibility index (Phi) is 9.12. The van der Waals surface area contributed by atoms with Crippen LogP contribution in [0.3, 0.4) is 0 Å². The number of nitrogens with one attached hydrogen (secondary N) is 2. The number of anilines is 2. The predicted octanol–water partition coefficient (Wildman–Crippen LogP) is 6.36. The van der Waals surface area contributed by atoms with Crippen molar-refractivity contribution < 1.29 is 33.4 Å². The number of ether oxygens (including phenoxy) is 3. The number of aromatic amines is 1. The van der Waals surface area contributed by atoms with E-state index in [1.54, 1.807) is 73.3 Å². The maximum atomic E-state index is 14.1. The first kappa shape index (κ1) is 34.5. The molecule has 3 heterocycles. The van der Waals surface area contributed by atoms with Gasteiger partial charge in [-0.05, 0) is 104 Å². The summed E-state index contributed by atoms with van der Waals surface area (Å²) in [5.74, 6) is -1.49. The van der Waals surface area contributed by atoms with E-state index in [4.69, 9.17) is 25.8 Å². The number of esters is 1. The number of imide groups is 1. The summed E-state index contributed by atoms with van der Waals surface area (Å²) in [6.07, 6.45) is 0.763. The molecule has 268 valence electrons. The number of amides is 3. The maximum absolute atomic E-state index is 14.1. The van der Waals surface area contributed by atoms with E-state index >= 15 is 0 Å². The molecule has 2 aliphatic heterocycles. The van der Waals surface area contributed by atoms with Gasteiger partial charge in [-0.2, -0.15) is 0 Å². The van der Waals surface area contributed by atoms with Gasteiger partial charge in [-0.25, -0.2) is 4.79 Å². The summed E-state index contributed by atoms with van der Waals surface area (Å²) >= 11 is 8.91. The number of H-pyrrole nitrogens is 1. The van der Waals surface area contributed by atoms with Crippen LogP contribution in [0.15, 0.2) is 76.6 Å². The molecule has 2 N–H and O–H groups in total. The Morgan fingerprint density at radius 1 is 0.904 bits per heavy atom. The molecule has 11 nitrogen and oxygen atoms in total. The van der Waals surface area contributed by atoms with Crippen molar-refractivity contribution in [3.8, 4) is 11.5 Å². The molecule has 2 saturated carbocycles. The standard InChI is InChI=1S/C38H34ClN3O8S2/c1-3-48-26-15-19(7-14-25(26)50-17-27(43)40-21-10-5-18(6-11-21)37(46)49-4-2)28-29-23-16-24(32(29)51-34-33(28)52-38(47)41-34)31-30(23)35(44)42(36(31)45)22-12-8-20(39)9-13-22/h5-15,23-24,28-32H,3-4,16-17H2,1-2H3,(H,40,43)(H,41,47)/t23-,24-,28+,29-,30+,31+,32-/m1/s1. The Morgan fingerprint density at radius 3 is 2.35 bits per heavy atom. The van der Waals surface area contributed by atoms with Gasteiger partial charge < -0.3 is 24.5 Å². The Bertz CT molecular complexity index is 2130. The Labute approximate surface area is 312 Å². The van der Waals surface area contributed by atoms with Crippen molar-refractivity contribution >= 4 is 69.8 Å². The first-order valence-corrected chi connectivity index (χ1v) is 19.2. The third-order valence-electron chi connectivity index (χ3n) is 10.5. The second-order valence-electron chi connectivity index (χ2n) is 13.2. The highest BCUT2D eigenvalue weighted by molar-refractivity contribution is 8.00. The average molecular weight is 760 g/mol. The number of rotatable bonds is 10.